The number of hydrogen-bond donors (Lipinski definition) is 1. The van der Waals surface area contributed by atoms with Gasteiger partial charge < -0.3 is 10.2 Å². The van der Waals surface area contributed by atoms with Gasteiger partial charge in [-0.15, -0.1) is 0 Å². The van der Waals surface area contributed by atoms with E-state index in [1.165, 1.54) is 6.42 Å². The van der Waals surface area contributed by atoms with Gasteiger partial charge in [0.2, 0.25) is 0 Å². The minimum Gasteiger partial charge on any atom is -0.352 e. The van der Waals surface area contributed by atoms with Gasteiger partial charge in [-0.3, -0.25) is 4.98 Å². The standard InChI is InChI=1S/C16H22N4/c1-3-12(2)15-11-20(9-8-17-15)16-10-18-13-6-4-5-7-14(13)19-16/h4-7,10,12,15,17H,3,8-9,11H2,1-2H3/t12-,15+/m1/s1. The summed E-state index contributed by atoms with van der Waals surface area (Å²) in [7, 11) is 0. The molecule has 4 nitrogen and oxygen atoms in total. The maximum Gasteiger partial charge on any atom is 0.147 e. The second kappa shape index (κ2) is 5.75. The quantitative estimate of drug-likeness (QED) is 0.930. The first-order chi connectivity index (χ1) is 9.78. The number of fused-ring (bicyclic) bond motifs is 1. The molecule has 1 saturated heterocycles. The molecule has 4 heteroatoms. The molecule has 0 spiro atoms. The van der Waals surface area contributed by atoms with Gasteiger partial charge in [-0.1, -0.05) is 32.4 Å². The zero-order valence-corrected chi connectivity index (χ0v) is 12.2. The molecular weight excluding hydrogens is 248 g/mol. The van der Waals surface area contributed by atoms with Crippen molar-refractivity contribution in [1.29, 1.82) is 0 Å². The Bertz CT molecular complexity index is 583. The maximum atomic E-state index is 4.75. The van der Waals surface area contributed by atoms with Crippen LogP contribution in [0.15, 0.2) is 30.5 Å². The summed E-state index contributed by atoms with van der Waals surface area (Å²) in [4.78, 5) is 11.6. The van der Waals surface area contributed by atoms with E-state index in [-0.39, 0.29) is 0 Å². The van der Waals surface area contributed by atoms with E-state index in [0.717, 1.165) is 36.5 Å². The van der Waals surface area contributed by atoms with E-state index in [0.29, 0.717) is 12.0 Å². The summed E-state index contributed by atoms with van der Waals surface area (Å²) >= 11 is 0. The number of anilines is 1. The second-order valence-corrected chi connectivity index (χ2v) is 5.61. The van der Waals surface area contributed by atoms with Crippen LogP contribution in [0.2, 0.25) is 0 Å². The van der Waals surface area contributed by atoms with Gasteiger partial charge in [0.25, 0.3) is 0 Å². The molecular formula is C16H22N4. The first-order valence-corrected chi connectivity index (χ1v) is 7.48. The zero-order chi connectivity index (χ0) is 13.9. The van der Waals surface area contributed by atoms with Gasteiger partial charge in [-0.2, -0.15) is 0 Å². The first-order valence-electron chi connectivity index (χ1n) is 7.48. The Kier molecular flexibility index (Phi) is 3.83. The van der Waals surface area contributed by atoms with E-state index in [2.05, 4.69) is 29.0 Å². The van der Waals surface area contributed by atoms with Crippen molar-refractivity contribution in [2.24, 2.45) is 5.92 Å². The van der Waals surface area contributed by atoms with Crippen LogP contribution in [0.3, 0.4) is 0 Å². The van der Waals surface area contributed by atoms with E-state index in [9.17, 15) is 0 Å². The fourth-order valence-corrected chi connectivity index (χ4v) is 2.75. The number of rotatable bonds is 3. The Morgan fingerprint density at radius 1 is 1.35 bits per heavy atom. The predicted octanol–water partition coefficient (Wildman–Crippen LogP) is 2.45. The lowest BCUT2D eigenvalue weighted by molar-refractivity contribution is 0.341. The normalized spacial score (nSPS) is 21.1. The Morgan fingerprint density at radius 3 is 2.95 bits per heavy atom. The van der Waals surface area contributed by atoms with Gasteiger partial charge in [0.15, 0.2) is 0 Å². The molecule has 1 aromatic heterocycles. The van der Waals surface area contributed by atoms with Crippen LogP contribution in [0.25, 0.3) is 11.0 Å². The molecule has 0 unspecified atom stereocenters. The van der Waals surface area contributed by atoms with E-state index in [1.807, 2.05) is 30.5 Å². The lowest BCUT2D eigenvalue weighted by Crippen LogP contribution is -2.53. The molecule has 1 fully saturated rings. The van der Waals surface area contributed by atoms with Crippen LogP contribution in [0.1, 0.15) is 20.3 Å². The number of benzene rings is 1. The molecule has 0 aliphatic carbocycles. The second-order valence-electron chi connectivity index (χ2n) is 5.61. The summed E-state index contributed by atoms with van der Waals surface area (Å²) in [6.07, 6.45) is 3.11. The third-order valence-electron chi connectivity index (χ3n) is 4.30. The molecule has 20 heavy (non-hydrogen) atoms. The van der Waals surface area contributed by atoms with Crippen molar-refractivity contribution in [3.8, 4) is 0 Å². The van der Waals surface area contributed by atoms with Crippen molar-refractivity contribution in [3.63, 3.8) is 0 Å². The van der Waals surface area contributed by atoms with Crippen molar-refractivity contribution < 1.29 is 0 Å². The minimum atomic E-state index is 0.544. The van der Waals surface area contributed by atoms with Crippen molar-refractivity contribution in [3.05, 3.63) is 30.5 Å². The smallest absolute Gasteiger partial charge is 0.147 e. The molecule has 1 aliphatic heterocycles. The summed E-state index contributed by atoms with van der Waals surface area (Å²) < 4.78 is 0. The average Bonchev–Trinajstić information content (AvgIpc) is 2.53. The van der Waals surface area contributed by atoms with Crippen LogP contribution < -0.4 is 10.2 Å². The van der Waals surface area contributed by atoms with Gasteiger partial charge in [-0.05, 0) is 18.1 Å². The summed E-state index contributed by atoms with van der Waals surface area (Å²) in [6.45, 7) is 7.60. The average molecular weight is 270 g/mol. The number of para-hydroxylation sites is 2. The Balaban J connectivity index is 1.83. The van der Waals surface area contributed by atoms with Crippen LogP contribution in [-0.4, -0.2) is 35.6 Å². The van der Waals surface area contributed by atoms with Gasteiger partial charge in [0, 0.05) is 25.7 Å². The number of nitrogens with zero attached hydrogens (tertiary/aromatic N) is 3. The SMILES string of the molecule is CC[C@@H](C)[C@@H]1CN(c2cnc3ccccc3n2)CCN1. The molecule has 1 aliphatic rings. The van der Waals surface area contributed by atoms with E-state index < -0.39 is 0 Å². The van der Waals surface area contributed by atoms with Crippen LogP contribution in [0, 0.1) is 5.92 Å². The molecule has 0 bridgehead atoms. The third-order valence-corrected chi connectivity index (χ3v) is 4.30. The molecule has 1 aromatic carbocycles. The van der Waals surface area contributed by atoms with Crippen molar-refractivity contribution in [2.45, 2.75) is 26.3 Å². The largest absolute Gasteiger partial charge is 0.352 e. The fourth-order valence-electron chi connectivity index (χ4n) is 2.75. The van der Waals surface area contributed by atoms with Crippen LogP contribution in [-0.2, 0) is 0 Å². The highest BCUT2D eigenvalue weighted by Crippen LogP contribution is 2.19. The monoisotopic (exact) mass is 270 g/mol. The van der Waals surface area contributed by atoms with Crippen LogP contribution in [0.5, 0.6) is 0 Å². The first kappa shape index (κ1) is 13.3. The highest BCUT2D eigenvalue weighted by atomic mass is 15.2. The maximum absolute atomic E-state index is 4.75. The molecule has 2 aromatic rings. The number of nitrogens with one attached hydrogen (secondary N) is 1. The number of hydrogen-bond acceptors (Lipinski definition) is 4. The van der Waals surface area contributed by atoms with Crippen molar-refractivity contribution >= 4 is 16.9 Å². The van der Waals surface area contributed by atoms with Gasteiger partial charge in [-0.25, -0.2) is 4.98 Å². The summed E-state index contributed by atoms with van der Waals surface area (Å²) in [5.41, 5.74) is 1.94. The van der Waals surface area contributed by atoms with Crippen molar-refractivity contribution in [1.82, 2.24) is 15.3 Å². The Labute approximate surface area is 120 Å². The van der Waals surface area contributed by atoms with E-state index >= 15 is 0 Å². The number of piperazine rings is 1. The summed E-state index contributed by atoms with van der Waals surface area (Å²) in [5, 5.41) is 3.62. The Hall–Kier alpha value is -1.68. The molecule has 0 saturated carbocycles. The lowest BCUT2D eigenvalue weighted by Gasteiger charge is -2.37. The predicted molar refractivity (Wildman–Crippen MR) is 83.0 cm³/mol. The van der Waals surface area contributed by atoms with Gasteiger partial charge in [0.05, 0.1) is 17.2 Å². The van der Waals surface area contributed by atoms with Crippen molar-refractivity contribution in [2.75, 3.05) is 24.5 Å². The number of aromatic nitrogens is 2. The van der Waals surface area contributed by atoms with Crippen LogP contribution >= 0.6 is 0 Å². The molecule has 106 valence electrons. The molecule has 1 N–H and O–H groups in total. The minimum absolute atomic E-state index is 0.544. The van der Waals surface area contributed by atoms with E-state index in [4.69, 9.17) is 4.98 Å². The Morgan fingerprint density at radius 2 is 2.15 bits per heavy atom. The van der Waals surface area contributed by atoms with Gasteiger partial charge in [0.1, 0.15) is 5.82 Å². The third kappa shape index (κ3) is 2.61. The summed E-state index contributed by atoms with van der Waals surface area (Å²) in [6, 6.07) is 8.59. The lowest BCUT2D eigenvalue weighted by atomic mass is 9.97. The fraction of sp³-hybridized carbons (Fsp3) is 0.500. The van der Waals surface area contributed by atoms with Gasteiger partial charge >= 0.3 is 0 Å². The molecule has 0 radical (unpaired) electrons. The zero-order valence-electron chi connectivity index (χ0n) is 12.2. The van der Waals surface area contributed by atoms with E-state index in [1.54, 1.807) is 0 Å². The van der Waals surface area contributed by atoms with Crippen LogP contribution in [0.4, 0.5) is 5.82 Å². The topological polar surface area (TPSA) is 41.1 Å². The highest BCUT2D eigenvalue weighted by molar-refractivity contribution is 5.75. The molecule has 3 rings (SSSR count). The molecule has 0 amide bonds. The highest BCUT2D eigenvalue weighted by Gasteiger charge is 2.24. The molecule has 2 atom stereocenters. The summed E-state index contributed by atoms with van der Waals surface area (Å²) in [5.74, 6) is 1.68. The molecule has 2 heterocycles.